The third kappa shape index (κ3) is 3.48. The monoisotopic (exact) mass is 341 g/mol. The van der Waals surface area contributed by atoms with Crippen molar-refractivity contribution in [1.82, 2.24) is 0 Å². The highest BCUT2D eigenvalue weighted by molar-refractivity contribution is 9.10. The summed E-state index contributed by atoms with van der Waals surface area (Å²) in [7, 11) is -2.06. The Morgan fingerprint density at radius 1 is 1.11 bits per heavy atom. The van der Waals surface area contributed by atoms with Gasteiger partial charge in [0.25, 0.3) is 10.0 Å². The Morgan fingerprint density at radius 3 is 2.42 bits per heavy atom. The summed E-state index contributed by atoms with van der Waals surface area (Å²) in [5.41, 5.74) is 0.440. The number of rotatable bonds is 4. The molecule has 0 aliphatic heterocycles. The zero-order chi connectivity index (χ0) is 13.9. The Kier molecular flexibility index (Phi) is 4.11. The number of hydrogen-bond donors (Lipinski definition) is 1. The molecule has 0 amide bonds. The van der Waals surface area contributed by atoms with Crippen molar-refractivity contribution >= 4 is 31.6 Å². The minimum Gasteiger partial charge on any atom is -0.497 e. The van der Waals surface area contributed by atoms with Gasteiger partial charge in [-0.1, -0.05) is 34.1 Å². The van der Waals surface area contributed by atoms with E-state index in [-0.39, 0.29) is 4.90 Å². The van der Waals surface area contributed by atoms with E-state index in [0.29, 0.717) is 11.4 Å². The normalized spacial score (nSPS) is 11.1. The maximum absolute atomic E-state index is 12.1. The fraction of sp³-hybridized carbons (Fsp3) is 0.0769. The van der Waals surface area contributed by atoms with Gasteiger partial charge in [-0.15, -0.1) is 0 Å². The third-order valence-electron chi connectivity index (χ3n) is 2.41. The van der Waals surface area contributed by atoms with Crippen LogP contribution in [-0.4, -0.2) is 15.5 Å². The standard InChI is InChI=1S/C13H12BrNO3S/c1-18-12-8-10(14)7-11(9-12)15-19(16,17)13-5-3-2-4-6-13/h2-9,15H,1H3. The smallest absolute Gasteiger partial charge is 0.261 e. The number of methoxy groups -OCH3 is 1. The lowest BCUT2D eigenvalue weighted by Crippen LogP contribution is -2.12. The van der Waals surface area contributed by atoms with Gasteiger partial charge in [-0.25, -0.2) is 8.42 Å². The van der Waals surface area contributed by atoms with Crippen LogP contribution >= 0.6 is 15.9 Å². The lowest BCUT2D eigenvalue weighted by atomic mass is 10.3. The van der Waals surface area contributed by atoms with E-state index in [0.717, 1.165) is 4.47 Å². The van der Waals surface area contributed by atoms with Gasteiger partial charge in [0.15, 0.2) is 0 Å². The summed E-state index contributed by atoms with van der Waals surface area (Å²) >= 11 is 3.30. The molecular weight excluding hydrogens is 330 g/mol. The fourth-order valence-electron chi connectivity index (χ4n) is 1.55. The first-order valence-electron chi connectivity index (χ1n) is 5.44. The number of benzene rings is 2. The first kappa shape index (κ1) is 13.9. The zero-order valence-corrected chi connectivity index (χ0v) is 12.5. The van der Waals surface area contributed by atoms with Crippen molar-refractivity contribution in [3.63, 3.8) is 0 Å². The average molecular weight is 342 g/mol. The molecule has 0 saturated carbocycles. The van der Waals surface area contributed by atoms with Gasteiger partial charge in [0.2, 0.25) is 0 Å². The number of anilines is 1. The van der Waals surface area contributed by atoms with Gasteiger partial charge in [0.1, 0.15) is 5.75 Å². The van der Waals surface area contributed by atoms with Crippen molar-refractivity contribution < 1.29 is 13.2 Å². The van der Waals surface area contributed by atoms with Crippen molar-refractivity contribution in [3.05, 3.63) is 53.0 Å². The number of hydrogen-bond acceptors (Lipinski definition) is 3. The highest BCUT2D eigenvalue weighted by Gasteiger charge is 2.14. The molecule has 0 heterocycles. The molecule has 6 heteroatoms. The van der Waals surface area contributed by atoms with Gasteiger partial charge < -0.3 is 4.74 Å². The second-order valence-corrected chi connectivity index (χ2v) is 6.40. The van der Waals surface area contributed by atoms with Crippen molar-refractivity contribution in [2.24, 2.45) is 0 Å². The predicted octanol–water partition coefficient (Wildman–Crippen LogP) is 3.26. The topological polar surface area (TPSA) is 55.4 Å². The molecule has 1 N–H and O–H groups in total. The molecule has 0 aliphatic rings. The molecule has 4 nitrogen and oxygen atoms in total. The van der Waals surface area contributed by atoms with E-state index in [9.17, 15) is 8.42 Å². The van der Waals surface area contributed by atoms with E-state index >= 15 is 0 Å². The van der Waals surface area contributed by atoms with Crippen LogP contribution in [0.2, 0.25) is 0 Å². The Morgan fingerprint density at radius 2 is 1.79 bits per heavy atom. The second-order valence-electron chi connectivity index (χ2n) is 3.80. The van der Waals surface area contributed by atoms with Crippen LogP contribution in [0.15, 0.2) is 57.9 Å². The quantitative estimate of drug-likeness (QED) is 0.928. The molecular formula is C13H12BrNO3S. The minimum atomic E-state index is -3.58. The molecule has 100 valence electrons. The molecule has 0 bridgehead atoms. The van der Waals surface area contributed by atoms with Gasteiger partial charge >= 0.3 is 0 Å². The fourth-order valence-corrected chi connectivity index (χ4v) is 3.09. The molecule has 2 aromatic carbocycles. The summed E-state index contributed by atoms with van der Waals surface area (Å²) in [6.45, 7) is 0. The van der Waals surface area contributed by atoms with E-state index in [4.69, 9.17) is 4.74 Å². The SMILES string of the molecule is COc1cc(Br)cc(NS(=O)(=O)c2ccccc2)c1. The third-order valence-corrected chi connectivity index (χ3v) is 4.27. The Balaban J connectivity index is 2.33. The molecule has 0 radical (unpaired) electrons. The summed E-state index contributed by atoms with van der Waals surface area (Å²) in [6.07, 6.45) is 0. The maximum Gasteiger partial charge on any atom is 0.261 e. The van der Waals surface area contributed by atoms with Crippen LogP contribution in [0.5, 0.6) is 5.75 Å². The summed E-state index contributed by atoms with van der Waals surface area (Å²) in [5.74, 6) is 0.570. The molecule has 19 heavy (non-hydrogen) atoms. The van der Waals surface area contributed by atoms with Gasteiger partial charge in [0.05, 0.1) is 17.7 Å². The molecule has 0 fully saturated rings. The molecule has 0 unspecified atom stereocenters. The summed E-state index contributed by atoms with van der Waals surface area (Å²) in [4.78, 5) is 0.217. The molecule has 2 rings (SSSR count). The van der Waals surface area contributed by atoms with Crippen molar-refractivity contribution in [2.45, 2.75) is 4.90 Å². The van der Waals surface area contributed by atoms with Gasteiger partial charge in [-0.2, -0.15) is 0 Å². The van der Waals surface area contributed by atoms with Gasteiger partial charge in [0, 0.05) is 10.5 Å². The first-order valence-corrected chi connectivity index (χ1v) is 7.71. The molecule has 0 aromatic heterocycles. The van der Waals surface area contributed by atoms with Crippen LogP contribution < -0.4 is 9.46 Å². The second kappa shape index (κ2) is 5.63. The minimum absolute atomic E-state index is 0.217. The van der Waals surface area contributed by atoms with E-state index in [1.807, 2.05) is 0 Å². The van der Waals surface area contributed by atoms with Crippen LogP contribution in [0.4, 0.5) is 5.69 Å². The average Bonchev–Trinajstić information content (AvgIpc) is 2.38. The number of halogens is 1. The molecule has 0 atom stereocenters. The van der Waals surface area contributed by atoms with Gasteiger partial charge in [-0.05, 0) is 24.3 Å². The Hall–Kier alpha value is -1.53. The number of sulfonamides is 1. The molecule has 2 aromatic rings. The van der Waals surface area contributed by atoms with Crippen LogP contribution in [0.1, 0.15) is 0 Å². The summed E-state index contributed by atoms with van der Waals surface area (Å²) in [6, 6.07) is 13.2. The number of ether oxygens (including phenoxy) is 1. The first-order chi connectivity index (χ1) is 9.01. The van der Waals surface area contributed by atoms with Gasteiger partial charge in [-0.3, -0.25) is 4.72 Å². The van der Waals surface area contributed by atoms with E-state index in [2.05, 4.69) is 20.7 Å². The largest absolute Gasteiger partial charge is 0.497 e. The zero-order valence-electron chi connectivity index (χ0n) is 10.1. The van der Waals surface area contributed by atoms with Crippen LogP contribution in [0, 0.1) is 0 Å². The molecule has 0 aliphatic carbocycles. The molecule has 0 saturated heterocycles. The lowest BCUT2D eigenvalue weighted by Gasteiger charge is -2.10. The summed E-state index contributed by atoms with van der Waals surface area (Å²) < 4.78 is 32.6. The van der Waals surface area contributed by atoms with Crippen LogP contribution in [0.25, 0.3) is 0 Å². The van der Waals surface area contributed by atoms with E-state index < -0.39 is 10.0 Å². The van der Waals surface area contributed by atoms with Crippen molar-refractivity contribution in [2.75, 3.05) is 11.8 Å². The maximum atomic E-state index is 12.1. The number of nitrogens with one attached hydrogen (secondary N) is 1. The van der Waals surface area contributed by atoms with Crippen molar-refractivity contribution in [1.29, 1.82) is 0 Å². The predicted molar refractivity (Wildman–Crippen MR) is 77.9 cm³/mol. The van der Waals surface area contributed by atoms with E-state index in [1.54, 1.807) is 36.4 Å². The van der Waals surface area contributed by atoms with E-state index in [1.165, 1.54) is 19.2 Å². The lowest BCUT2D eigenvalue weighted by molar-refractivity contribution is 0.415. The van der Waals surface area contributed by atoms with Crippen molar-refractivity contribution in [3.8, 4) is 5.75 Å². The Labute approximate surface area is 120 Å². The Bertz CT molecular complexity index is 672. The highest BCUT2D eigenvalue weighted by Crippen LogP contribution is 2.26. The summed E-state index contributed by atoms with van der Waals surface area (Å²) in [5, 5.41) is 0. The molecule has 0 spiro atoms. The van der Waals surface area contributed by atoms with Crippen LogP contribution in [-0.2, 0) is 10.0 Å². The highest BCUT2D eigenvalue weighted by atomic mass is 79.9. The van der Waals surface area contributed by atoms with Crippen LogP contribution in [0.3, 0.4) is 0 Å².